The molecule has 2 aromatic rings. The number of hydrogen-bond acceptors (Lipinski definition) is 4. The molecule has 1 aliphatic heterocycles. The summed E-state index contributed by atoms with van der Waals surface area (Å²) in [5.74, 6) is -0.471. The van der Waals surface area contributed by atoms with Crippen LogP contribution in [0.5, 0.6) is 0 Å². The second kappa shape index (κ2) is 7.50. The van der Waals surface area contributed by atoms with E-state index in [4.69, 9.17) is 5.73 Å². The number of carbonyl (C=O) groups excluding carboxylic acids is 2. The van der Waals surface area contributed by atoms with Gasteiger partial charge in [0.25, 0.3) is 0 Å². The van der Waals surface area contributed by atoms with Gasteiger partial charge in [-0.05, 0) is 48.4 Å². The van der Waals surface area contributed by atoms with Crippen LogP contribution in [0.15, 0.2) is 53.4 Å². The maximum absolute atomic E-state index is 12.8. The lowest BCUT2D eigenvalue weighted by atomic mass is 10.1. The van der Waals surface area contributed by atoms with Gasteiger partial charge in [0.2, 0.25) is 21.8 Å². The lowest BCUT2D eigenvalue weighted by Crippen LogP contribution is -2.27. The molecule has 1 saturated heterocycles. The smallest absolute Gasteiger partial charge is 0.248 e. The first-order valence-electron chi connectivity index (χ1n) is 8.54. The summed E-state index contributed by atoms with van der Waals surface area (Å²) in [5, 5.41) is 0. The fraction of sp³-hybridized carbons (Fsp3) is 0.263. The first kappa shape index (κ1) is 19.1. The normalized spacial score (nSPS) is 14.7. The predicted molar refractivity (Wildman–Crippen MR) is 102 cm³/mol. The molecule has 0 bridgehead atoms. The van der Waals surface area contributed by atoms with Crippen LogP contribution in [0, 0.1) is 0 Å². The number of benzene rings is 2. The average molecular weight is 387 g/mol. The van der Waals surface area contributed by atoms with Crippen LogP contribution in [-0.4, -0.2) is 38.1 Å². The molecule has 1 aliphatic rings. The molecule has 142 valence electrons. The van der Waals surface area contributed by atoms with E-state index in [1.807, 2.05) is 0 Å². The number of anilines is 1. The minimum atomic E-state index is -3.68. The largest absolute Gasteiger partial charge is 0.366 e. The number of hydrogen-bond donors (Lipinski definition) is 1. The van der Waals surface area contributed by atoms with Crippen molar-refractivity contribution in [2.75, 3.05) is 18.5 Å². The molecule has 0 radical (unpaired) electrons. The van der Waals surface area contributed by atoms with Crippen LogP contribution in [0.25, 0.3) is 0 Å². The Morgan fingerprint density at radius 3 is 2.26 bits per heavy atom. The van der Waals surface area contributed by atoms with Gasteiger partial charge in [-0.25, -0.2) is 8.42 Å². The van der Waals surface area contributed by atoms with E-state index < -0.39 is 15.9 Å². The Bertz CT molecular complexity index is 953. The highest BCUT2D eigenvalue weighted by Crippen LogP contribution is 2.24. The Balaban J connectivity index is 1.74. The van der Waals surface area contributed by atoms with Crippen molar-refractivity contribution in [3.05, 3.63) is 59.7 Å². The molecule has 0 saturated carbocycles. The van der Waals surface area contributed by atoms with Gasteiger partial charge in [-0.1, -0.05) is 12.1 Å². The summed E-state index contributed by atoms with van der Waals surface area (Å²) in [4.78, 5) is 24.7. The Morgan fingerprint density at radius 1 is 1.11 bits per heavy atom. The van der Waals surface area contributed by atoms with Crippen molar-refractivity contribution in [2.45, 2.75) is 24.3 Å². The zero-order chi connectivity index (χ0) is 19.6. The van der Waals surface area contributed by atoms with Gasteiger partial charge in [-0.2, -0.15) is 4.31 Å². The Hall–Kier alpha value is -2.71. The van der Waals surface area contributed by atoms with Crippen LogP contribution in [0.2, 0.25) is 0 Å². The molecule has 0 aliphatic carbocycles. The van der Waals surface area contributed by atoms with Crippen molar-refractivity contribution in [3.8, 4) is 0 Å². The fourth-order valence-electron chi connectivity index (χ4n) is 3.02. The maximum atomic E-state index is 12.8. The van der Waals surface area contributed by atoms with Gasteiger partial charge in [0, 0.05) is 37.8 Å². The second-order valence-corrected chi connectivity index (χ2v) is 8.51. The fourth-order valence-corrected chi connectivity index (χ4v) is 4.17. The summed E-state index contributed by atoms with van der Waals surface area (Å²) >= 11 is 0. The van der Waals surface area contributed by atoms with Crippen LogP contribution >= 0.6 is 0 Å². The Kier molecular flexibility index (Phi) is 5.29. The van der Waals surface area contributed by atoms with Gasteiger partial charge < -0.3 is 10.6 Å². The topological polar surface area (TPSA) is 101 Å². The maximum Gasteiger partial charge on any atom is 0.248 e. The molecule has 1 fully saturated rings. The third-order valence-electron chi connectivity index (χ3n) is 4.57. The highest BCUT2D eigenvalue weighted by Gasteiger charge is 2.24. The van der Waals surface area contributed by atoms with E-state index in [2.05, 4.69) is 0 Å². The number of sulfonamides is 1. The summed E-state index contributed by atoms with van der Waals surface area (Å²) in [6.07, 6.45) is 1.34. The summed E-state index contributed by atoms with van der Waals surface area (Å²) in [7, 11) is -2.18. The van der Waals surface area contributed by atoms with Gasteiger partial charge in [-0.15, -0.1) is 0 Å². The molecule has 8 heteroatoms. The lowest BCUT2D eigenvalue weighted by molar-refractivity contribution is -0.117. The SMILES string of the molecule is CN(Cc1ccc(C(N)=O)cc1)S(=O)(=O)c1ccc(N2CCCC2=O)cc1. The van der Waals surface area contributed by atoms with Crippen LogP contribution in [0.1, 0.15) is 28.8 Å². The van der Waals surface area contributed by atoms with Crippen LogP contribution < -0.4 is 10.6 Å². The molecule has 27 heavy (non-hydrogen) atoms. The molecule has 0 aromatic heterocycles. The molecule has 3 rings (SSSR count). The molecule has 0 atom stereocenters. The zero-order valence-electron chi connectivity index (χ0n) is 15.0. The molecule has 2 N–H and O–H groups in total. The first-order valence-corrected chi connectivity index (χ1v) is 9.98. The van der Waals surface area contributed by atoms with E-state index in [9.17, 15) is 18.0 Å². The van der Waals surface area contributed by atoms with Crippen LogP contribution in [0.3, 0.4) is 0 Å². The molecule has 0 spiro atoms. The number of amides is 2. The van der Waals surface area contributed by atoms with E-state index in [0.717, 1.165) is 12.0 Å². The van der Waals surface area contributed by atoms with Gasteiger partial charge >= 0.3 is 0 Å². The number of nitrogens with two attached hydrogens (primary N) is 1. The predicted octanol–water partition coefficient (Wildman–Crippen LogP) is 1.73. The highest BCUT2D eigenvalue weighted by atomic mass is 32.2. The first-order chi connectivity index (χ1) is 12.8. The van der Waals surface area contributed by atoms with Crippen LogP contribution in [0.4, 0.5) is 5.69 Å². The van der Waals surface area contributed by atoms with Gasteiger partial charge in [-0.3, -0.25) is 9.59 Å². The van der Waals surface area contributed by atoms with E-state index in [1.165, 1.54) is 23.5 Å². The van der Waals surface area contributed by atoms with E-state index in [1.54, 1.807) is 41.3 Å². The number of carbonyl (C=O) groups is 2. The molecule has 1 heterocycles. The molecule has 0 unspecified atom stereocenters. The second-order valence-electron chi connectivity index (χ2n) is 6.47. The quantitative estimate of drug-likeness (QED) is 0.816. The van der Waals surface area contributed by atoms with Gasteiger partial charge in [0.05, 0.1) is 4.90 Å². The van der Waals surface area contributed by atoms with Crippen molar-refractivity contribution in [1.29, 1.82) is 0 Å². The third-order valence-corrected chi connectivity index (χ3v) is 6.39. The summed E-state index contributed by atoms with van der Waals surface area (Å²) in [6, 6.07) is 12.8. The summed E-state index contributed by atoms with van der Waals surface area (Å²) in [6.45, 7) is 0.819. The van der Waals surface area contributed by atoms with Crippen molar-refractivity contribution in [3.63, 3.8) is 0 Å². The van der Waals surface area contributed by atoms with Crippen molar-refractivity contribution in [1.82, 2.24) is 4.31 Å². The zero-order valence-corrected chi connectivity index (χ0v) is 15.8. The Labute approximate surface area is 158 Å². The monoisotopic (exact) mass is 387 g/mol. The standard InChI is InChI=1S/C19H21N3O4S/c1-21(13-14-4-6-15(7-5-14)19(20)24)27(25,26)17-10-8-16(9-11-17)22-12-2-3-18(22)23/h4-11H,2-3,12-13H2,1H3,(H2,20,24). The minimum absolute atomic E-state index is 0.0575. The molecule has 7 nitrogen and oxygen atoms in total. The highest BCUT2D eigenvalue weighted by molar-refractivity contribution is 7.89. The van der Waals surface area contributed by atoms with Crippen molar-refractivity contribution < 1.29 is 18.0 Å². The third kappa shape index (κ3) is 4.01. The summed E-state index contributed by atoms with van der Waals surface area (Å²) in [5.41, 5.74) is 7.03. The van der Waals surface area contributed by atoms with Crippen molar-refractivity contribution >= 4 is 27.5 Å². The Morgan fingerprint density at radius 2 is 1.74 bits per heavy atom. The van der Waals surface area contributed by atoms with E-state index >= 15 is 0 Å². The number of nitrogens with zero attached hydrogens (tertiary/aromatic N) is 2. The summed E-state index contributed by atoms with van der Waals surface area (Å²) < 4.78 is 26.8. The van der Waals surface area contributed by atoms with Crippen molar-refractivity contribution in [2.24, 2.45) is 5.73 Å². The van der Waals surface area contributed by atoms with Gasteiger partial charge in [0.15, 0.2) is 0 Å². The van der Waals surface area contributed by atoms with Gasteiger partial charge in [0.1, 0.15) is 0 Å². The molecular formula is C19H21N3O4S. The number of rotatable bonds is 6. The molecule has 2 amide bonds. The molecule has 2 aromatic carbocycles. The van der Waals surface area contributed by atoms with E-state index in [0.29, 0.717) is 24.2 Å². The van der Waals surface area contributed by atoms with Crippen LogP contribution in [-0.2, 0) is 21.4 Å². The minimum Gasteiger partial charge on any atom is -0.366 e. The number of primary amides is 1. The van der Waals surface area contributed by atoms with E-state index in [-0.39, 0.29) is 17.3 Å². The molecular weight excluding hydrogens is 366 g/mol. The average Bonchev–Trinajstić information content (AvgIpc) is 3.08. The lowest BCUT2D eigenvalue weighted by Gasteiger charge is -2.19.